The van der Waals surface area contributed by atoms with Crippen LogP contribution in [0.25, 0.3) is 0 Å². The highest BCUT2D eigenvalue weighted by Crippen LogP contribution is 2.17. The molecule has 0 unspecified atom stereocenters. The van der Waals surface area contributed by atoms with Crippen LogP contribution in [0.3, 0.4) is 0 Å². The van der Waals surface area contributed by atoms with E-state index >= 15 is 0 Å². The van der Waals surface area contributed by atoms with E-state index in [9.17, 15) is 18.0 Å². The first-order chi connectivity index (χ1) is 7.85. The molecule has 0 rings (SSSR count). The number of alkyl halides is 3. The Morgan fingerprint density at radius 3 is 2.29 bits per heavy atom. The van der Waals surface area contributed by atoms with Gasteiger partial charge in [-0.25, -0.2) is 0 Å². The summed E-state index contributed by atoms with van der Waals surface area (Å²) in [6.45, 7) is 1.78. The van der Waals surface area contributed by atoms with Crippen LogP contribution >= 0.6 is 0 Å². The van der Waals surface area contributed by atoms with Crippen LogP contribution < -0.4 is 0 Å². The summed E-state index contributed by atoms with van der Waals surface area (Å²) in [4.78, 5) is 11.6. The zero-order valence-electron chi connectivity index (χ0n) is 10.1. The van der Waals surface area contributed by atoms with E-state index in [1.165, 1.54) is 4.90 Å². The lowest BCUT2D eigenvalue weighted by Gasteiger charge is -2.22. The quantitative estimate of drug-likeness (QED) is 0.644. The fourth-order valence-electron chi connectivity index (χ4n) is 1.63. The molecular formula is C11H20F3NO2. The molecule has 0 saturated carbocycles. The molecule has 0 aromatic carbocycles. The zero-order valence-corrected chi connectivity index (χ0v) is 10.1. The van der Waals surface area contributed by atoms with Crippen molar-refractivity contribution in [2.75, 3.05) is 19.6 Å². The lowest BCUT2D eigenvalue weighted by Crippen LogP contribution is -2.35. The minimum Gasteiger partial charge on any atom is -0.481 e. The molecule has 6 heteroatoms. The first-order valence-corrected chi connectivity index (χ1v) is 5.86. The predicted octanol–water partition coefficient (Wildman–Crippen LogP) is 2.91. The number of halogens is 3. The highest BCUT2D eigenvalue weighted by molar-refractivity contribution is 5.66. The average Bonchev–Trinajstić information content (AvgIpc) is 2.14. The zero-order chi connectivity index (χ0) is 13.3. The summed E-state index contributed by atoms with van der Waals surface area (Å²) in [5.41, 5.74) is 0. The second-order valence-corrected chi connectivity index (χ2v) is 4.10. The molecule has 0 aliphatic heterocycles. The minimum atomic E-state index is -4.16. The third-order valence-electron chi connectivity index (χ3n) is 2.31. The topological polar surface area (TPSA) is 40.5 Å². The fourth-order valence-corrected chi connectivity index (χ4v) is 1.63. The van der Waals surface area contributed by atoms with E-state index in [0.717, 1.165) is 0 Å². The van der Waals surface area contributed by atoms with Gasteiger partial charge in [0.05, 0.1) is 6.54 Å². The van der Waals surface area contributed by atoms with Crippen molar-refractivity contribution >= 4 is 5.97 Å². The number of nitrogens with zero attached hydrogens (tertiary/aromatic N) is 1. The fraction of sp³-hybridized carbons (Fsp3) is 0.909. The maximum absolute atomic E-state index is 12.2. The van der Waals surface area contributed by atoms with Crippen molar-refractivity contribution in [2.45, 2.75) is 45.2 Å². The number of carboxylic acids is 1. The Morgan fingerprint density at radius 2 is 1.82 bits per heavy atom. The molecule has 0 saturated heterocycles. The van der Waals surface area contributed by atoms with Gasteiger partial charge in [0.1, 0.15) is 0 Å². The molecule has 0 aromatic rings. The van der Waals surface area contributed by atoms with Gasteiger partial charge in [-0.2, -0.15) is 13.2 Å². The summed E-state index contributed by atoms with van der Waals surface area (Å²) in [5.74, 6) is -0.856. The summed E-state index contributed by atoms with van der Waals surface area (Å²) in [5, 5.41) is 8.40. The number of rotatable bonds is 9. The second kappa shape index (κ2) is 8.33. The number of hydrogen-bond acceptors (Lipinski definition) is 2. The van der Waals surface area contributed by atoms with E-state index in [-0.39, 0.29) is 6.42 Å². The summed E-state index contributed by atoms with van der Waals surface area (Å²) in [7, 11) is 0. The lowest BCUT2D eigenvalue weighted by atomic mass is 10.2. The van der Waals surface area contributed by atoms with Gasteiger partial charge in [0, 0.05) is 6.42 Å². The Balaban J connectivity index is 3.73. The van der Waals surface area contributed by atoms with Gasteiger partial charge in [-0.05, 0) is 32.4 Å². The van der Waals surface area contributed by atoms with Crippen molar-refractivity contribution in [2.24, 2.45) is 0 Å². The van der Waals surface area contributed by atoms with Crippen LogP contribution in [-0.2, 0) is 4.79 Å². The summed E-state index contributed by atoms with van der Waals surface area (Å²) >= 11 is 0. The van der Waals surface area contributed by atoms with Gasteiger partial charge in [0.25, 0.3) is 0 Å². The molecule has 0 bridgehead atoms. The Morgan fingerprint density at radius 1 is 1.18 bits per heavy atom. The maximum atomic E-state index is 12.2. The molecule has 0 radical (unpaired) electrons. The molecule has 0 aliphatic rings. The van der Waals surface area contributed by atoms with Gasteiger partial charge in [-0.15, -0.1) is 0 Å². The van der Waals surface area contributed by atoms with E-state index in [4.69, 9.17) is 5.11 Å². The van der Waals surface area contributed by atoms with E-state index < -0.39 is 18.7 Å². The largest absolute Gasteiger partial charge is 0.481 e. The summed E-state index contributed by atoms with van der Waals surface area (Å²) in [6, 6.07) is 0. The number of carboxylic acid groups (broad SMARTS) is 1. The van der Waals surface area contributed by atoms with Crippen LogP contribution in [0.2, 0.25) is 0 Å². The third kappa shape index (κ3) is 11.5. The van der Waals surface area contributed by atoms with Crippen molar-refractivity contribution in [3.8, 4) is 0 Å². The predicted molar refractivity (Wildman–Crippen MR) is 58.9 cm³/mol. The van der Waals surface area contributed by atoms with Crippen LogP contribution in [0.15, 0.2) is 0 Å². The van der Waals surface area contributed by atoms with Crippen LogP contribution in [0.5, 0.6) is 0 Å². The molecule has 3 nitrogen and oxygen atoms in total. The van der Waals surface area contributed by atoms with Crippen LogP contribution in [0, 0.1) is 0 Å². The van der Waals surface area contributed by atoms with Crippen molar-refractivity contribution in [1.29, 1.82) is 0 Å². The highest BCUT2D eigenvalue weighted by Gasteiger charge is 2.29. The molecule has 0 atom stereocenters. The first-order valence-electron chi connectivity index (χ1n) is 5.86. The first kappa shape index (κ1) is 16.2. The molecule has 0 fully saturated rings. The Hall–Kier alpha value is -0.780. The molecule has 0 aliphatic carbocycles. The highest BCUT2D eigenvalue weighted by atomic mass is 19.4. The van der Waals surface area contributed by atoms with Gasteiger partial charge in [-0.3, -0.25) is 9.69 Å². The van der Waals surface area contributed by atoms with Gasteiger partial charge in [-0.1, -0.05) is 13.3 Å². The summed E-state index contributed by atoms with van der Waals surface area (Å²) in [6.07, 6.45) is -1.58. The number of aliphatic carboxylic acids is 1. The lowest BCUT2D eigenvalue weighted by molar-refractivity contribution is -0.146. The molecule has 0 amide bonds. The Labute approximate surface area is 99.6 Å². The molecule has 17 heavy (non-hydrogen) atoms. The van der Waals surface area contributed by atoms with Crippen molar-refractivity contribution in [3.05, 3.63) is 0 Å². The van der Waals surface area contributed by atoms with Crippen LogP contribution in [-0.4, -0.2) is 41.8 Å². The van der Waals surface area contributed by atoms with Gasteiger partial charge >= 0.3 is 12.1 Å². The normalized spacial score (nSPS) is 12.1. The van der Waals surface area contributed by atoms with Crippen LogP contribution in [0.1, 0.15) is 39.0 Å². The smallest absolute Gasteiger partial charge is 0.401 e. The molecule has 102 valence electrons. The van der Waals surface area contributed by atoms with Crippen molar-refractivity contribution in [1.82, 2.24) is 4.90 Å². The van der Waals surface area contributed by atoms with E-state index in [2.05, 4.69) is 0 Å². The average molecular weight is 255 g/mol. The summed E-state index contributed by atoms with van der Waals surface area (Å²) < 4.78 is 36.6. The molecule has 0 spiro atoms. The Kier molecular flexibility index (Phi) is 7.95. The maximum Gasteiger partial charge on any atom is 0.401 e. The molecule has 0 heterocycles. The molecule has 0 aromatic heterocycles. The van der Waals surface area contributed by atoms with Gasteiger partial charge in [0.2, 0.25) is 0 Å². The van der Waals surface area contributed by atoms with E-state index in [0.29, 0.717) is 38.8 Å². The second-order valence-electron chi connectivity index (χ2n) is 4.10. The van der Waals surface area contributed by atoms with E-state index in [1.54, 1.807) is 0 Å². The Bertz CT molecular complexity index is 219. The minimum absolute atomic E-state index is 0.0903. The van der Waals surface area contributed by atoms with Crippen LogP contribution in [0.4, 0.5) is 13.2 Å². The van der Waals surface area contributed by atoms with E-state index in [1.807, 2.05) is 6.92 Å². The van der Waals surface area contributed by atoms with Gasteiger partial charge < -0.3 is 5.11 Å². The standard InChI is InChI=1S/C11H20F3NO2/c1-2-7-15(9-11(12,13)14)8-5-3-4-6-10(16)17/h2-9H2,1H3,(H,16,17). The van der Waals surface area contributed by atoms with Gasteiger partial charge in [0.15, 0.2) is 0 Å². The molecule has 1 N–H and O–H groups in total. The van der Waals surface area contributed by atoms with Crippen molar-refractivity contribution in [3.63, 3.8) is 0 Å². The number of unbranched alkanes of at least 4 members (excludes halogenated alkanes) is 2. The SMILES string of the molecule is CCCN(CCCCCC(=O)O)CC(F)(F)F. The van der Waals surface area contributed by atoms with Crippen molar-refractivity contribution < 1.29 is 23.1 Å². The molecular weight excluding hydrogens is 235 g/mol. The number of carbonyl (C=O) groups is 1. The third-order valence-corrected chi connectivity index (χ3v) is 2.31. The number of hydrogen-bond donors (Lipinski definition) is 1. The monoisotopic (exact) mass is 255 g/mol.